The van der Waals surface area contributed by atoms with Crippen LogP contribution in [0.4, 0.5) is 15.6 Å². The van der Waals surface area contributed by atoms with E-state index in [4.69, 9.17) is 14.2 Å². The minimum Gasteiger partial charge on any atom is -0.493 e. The normalized spacial score (nSPS) is 14.2. The summed E-state index contributed by atoms with van der Waals surface area (Å²) in [5, 5.41) is 8.08. The number of piperidine rings is 1. The third kappa shape index (κ3) is 4.89. The van der Waals surface area contributed by atoms with Crippen molar-refractivity contribution in [1.82, 2.24) is 9.88 Å². The van der Waals surface area contributed by atoms with Crippen molar-refractivity contribution in [1.29, 1.82) is 0 Å². The summed E-state index contributed by atoms with van der Waals surface area (Å²) >= 11 is 1.38. The van der Waals surface area contributed by atoms with Gasteiger partial charge in [-0.25, -0.2) is 9.78 Å². The highest BCUT2D eigenvalue weighted by Gasteiger charge is 2.28. The van der Waals surface area contributed by atoms with Crippen LogP contribution in [0.2, 0.25) is 0 Å². The Labute approximate surface area is 173 Å². The first-order chi connectivity index (χ1) is 14.0. The highest BCUT2D eigenvalue weighted by atomic mass is 32.1. The molecule has 1 aromatic heterocycles. The third-order valence-electron chi connectivity index (χ3n) is 4.73. The predicted octanol–water partition coefficient (Wildman–Crippen LogP) is 3.05. The van der Waals surface area contributed by atoms with E-state index in [9.17, 15) is 9.59 Å². The fraction of sp³-hybridized carbons (Fsp3) is 0.421. The van der Waals surface area contributed by atoms with Crippen LogP contribution >= 0.6 is 11.3 Å². The van der Waals surface area contributed by atoms with Crippen LogP contribution in [0.25, 0.3) is 0 Å². The molecule has 1 aliphatic heterocycles. The number of thiazole rings is 1. The molecular formula is C19H24N4O5S. The number of hydrogen-bond acceptors (Lipinski definition) is 7. The number of urea groups is 1. The monoisotopic (exact) mass is 420 g/mol. The van der Waals surface area contributed by atoms with Crippen LogP contribution in [0.15, 0.2) is 23.7 Å². The molecule has 0 saturated carbocycles. The number of hydrogen-bond donors (Lipinski definition) is 2. The summed E-state index contributed by atoms with van der Waals surface area (Å²) in [6.45, 7) is 0.985. The van der Waals surface area contributed by atoms with E-state index in [1.807, 2.05) is 5.38 Å². The Kier molecular flexibility index (Phi) is 6.76. The average molecular weight is 420 g/mol. The lowest BCUT2D eigenvalue weighted by atomic mass is 9.96. The predicted molar refractivity (Wildman–Crippen MR) is 110 cm³/mol. The smallest absolute Gasteiger partial charge is 0.321 e. The van der Waals surface area contributed by atoms with Gasteiger partial charge in [-0.05, 0) is 12.8 Å². The second-order valence-corrected chi connectivity index (χ2v) is 7.33. The first-order valence-corrected chi connectivity index (χ1v) is 10.00. The molecule has 2 N–H and O–H groups in total. The van der Waals surface area contributed by atoms with E-state index in [2.05, 4.69) is 15.6 Å². The largest absolute Gasteiger partial charge is 0.493 e. The Morgan fingerprint density at radius 3 is 2.24 bits per heavy atom. The number of carbonyl (C=O) groups excluding carboxylic acids is 2. The van der Waals surface area contributed by atoms with Crippen LogP contribution in [0, 0.1) is 5.92 Å². The van der Waals surface area contributed by atoms with Gasteiger partial charge in [0, 0.05) is 42.7 Å². The first kappa shape index (κ1) is 20.7. The number of nitrogens with one attached hydrogen (secondary N) is 2. The van der Waals surface area contributed by atoms with Gasteiger partial charge in [0.25, 0.3) is 0 Å². The molecule has 2 heterocycles. The van der Waals surface area contributed by atoms with E-state index in [0.29, 0.717) is 54.0 Å². The minimum absolute atomic E-state index is 0.0513. The van der Waals surface area contributed by atoms with Crippen LogP contribution < -0.4 is 24.8 Å². The summed E-state index contributed by atoms with van der Waals surface area (Å²) in [6, 6.07) is 3.11. The second kappa shape index (κ2) is 9.46. The number of carbonyl (C=O) groups is 2. The van der Waals surface area contributed by atoms with Crippen LogP contribution in [-0.4, -0.2) is 56.2 Å². The number of amides is 3. The Morgan fingerprint density at radius 1 is 1.07 bits per heavy atom. The summed E-state index contributed by atoms with van der Waals surface area (Å²) in [7, 11) is 4.56. The molecule has 0 unspecified atom stereocenters. The van der Waals surface area contributed by atoms with Gasteiger partial charge in [-0.15, -0.1) is 11.3 Å². The van der Waals surface area contributed by atoms with Gasteiger partial charge >= 0.3 is 6.03 Å². The Bertz CT molecular complexity index is 825. The molecule has 9 nitrogen and oxygen atoms in total. The van der Waals surface area contributed by atoms with Crippen LogP contribution in [0.3, 0.4) is 0 Å². The topological polar surface area (TPSA) is 102 Å². The molecule has 0 radical (unpaired) electrons. The van der Waals surface area contributed by atoms with Gasteiger partial charge in [0.05, 0.1) is 27.0 Å². The molecule has 156 valence electrons. The van der Waals surface area contributed by atoms with Gasteiger partial charge in [0.1, 0.15) is 0 Å². The van der Waals surface area contributed by atoms with E-state index >= 15 is 0 Å². The number of likely N-dealkylation sites (tertiary alicyclic amines) is 1. The number of ether oxygens (including phenoxy) is 3. The minimum atomic E-state index is -0.238. The van der Waals surface area contributed by atoms with Crippen molar-refractivity contribution in [3.63, 3.8) is 0 Å². The van der Waals surface area contributed by atoms with Crippen molar-refractivity contribution < 1.29 is 23.8 Å². The lowest BCUT2D eigenvalue weighted by Gasteiger charge is -2.31. The van der Waals surface area contributed by atoms with Gasteiger partial charge in [0.15, 0.2) is 16.6 Å². The van der Waals surface area contributed by atoms with Crippen LogP contribution in [0.1, 0.15) is 12.8 Å². The number of nitrogens with zero attached hydrogens (tertiary/aromatic N) is 2. The van der Waals surface area contributed by atoms with E-state index < -0.39 is 0 Å². The number of methoxy groups -OCH3 is 3. The Hall–Kier alpha value is -3.01. The maximum absolute atomic E-state index is 12.6. The molecule has 1 aromatic carbocycles. The van der Waals surface area contributed by atoms with Crippen LogP contribution in [-0.2, 0) is 4.79 Å². The molecule has 0 spiro atoms. The van der Waals surface area contributed by atoms with Crippen molar-refractivity contribution in [3.8, 4) is 17.2 Å². The Balaban J connectivity index is 1.58. The first-order valence-electron chi connectivity index (χ1n) is 9.12. The van der Waals surface area contributed by atoms with Crippen molar-refractivity contribution in [2.75, 3.05) is 45.1 Å². The van der Waals surface area contributed by atoms with Crippen molar-refractivity contribution in [2.45, 2.75) is 12.8 Å². The van der Waals surface area contributed by atoms with Crippen LogP contribution in [0.5, 0.6) is 17.2 Å². The highest BCUT2D eigenvalue weighted by Crippen LogP contribution is 2.40. The van der Waals surface area contributed by atoms with E-state index in [0.717, 1.165) is 0 Å². The van der Waals surface area contributed by atoms with E-state index in [1.165, 1.54) is 32.7 Å². The van der Waals surface area contributed by atoms with E-state index in [1.54, 1.807) is 23.2 Å². The van der Waals surface area contributed by atoms with Gasteiger partial charge in [-0.2, -0.15) is 0 Å². The fourth-order valence-electron chi connectivity index (χ4n) is 3.19. The van der Waals surface area contributed by atoms with Gasteiger partial charge < -0.3 is 29.7 Å². The zero-order valence-corrected chi connectivity index (χ0v) is 17.4. The maximum Gasteiger partial charge on any atom is 0.321 e. The molecule has 1 fully saturated rings. The number of rotatable bonds is 6. The van der Waals surface area contributed by atoms with Crippen molar-refractivity contribution >= 4 is 34.1 Å². The fourth-order valence-corrected chi connectivity index (χ4v) is 3.73. The lowest BCUT2D eigenvalue weighted by molar-refractivity contribution is -0.121. The second-order valence-electron chi connectivity index (χ2n) is 6.43. The Morgan fingerprint density at radius 2 is 1.72 bits per heavy atom. The van der Waals surface area contributed by atoms with Crippen molar-refractivity contribution in [2.24, 2.45) is 5.92 Å². The molecular weight excluding hydrogens is 396 g/mol. The molecule has 3 rings (SSSR count). The summed E-state index contributed by atoms with van der Waals surface area (Å²) in [5.41, 5.74) is 0.535. The van der Waals surface area contributed by atoms with E-state index in [-0.39, 0.29) is 17.9 Å². The molecule has 0 bridgehead atoms. The van der Waals surface area contributed by atoms with Gasteiger partial charge in [-0.3, -0.25) is 4.79 Å². The maximum atomic E-state index is 12.6. The molecule has 1 aliphatic rings. The van der Waals surface area contributed by atoms with Gasteiger partial charge in [-0.1, -0.05) is 0 Å². The summed E-state index contributed by atoms with van der Waals surface area (Å²) in [5.74, 6) is 1.19. The third-order valence-corrected chi connectivity index (χ3v) is 5.42. The quantitative estimate of drug-likeness (QED) is 0.745. The molecule has 1 saturated heterocycles. The number of anilines is 2. The zero-order chi connectivity index (χ0) is 20.8. The van der Waals surface area contributed by atoms with Gasteiger partial charge in [0.2, 0.25) is 11.7 Å². The summed E-state index contributed by atoms with van der Waals surface area (Å²) in [6.07, 6.45) is 2.84. The molecule has 29 heavy (non-hydrogen) atoms. The summed E-state index contributed by atoms with van der Waals surface area (Å²) < 4.78 is 15.9. The lowest BCUT2D eigenvalue weighted by Crippen LogP contribution is -2.43. The molecule has 0 atom stereocenters. The molecule has 3 amide bonds. The molecule has 2 aromatic rings. The molecule has 0 aliphatic carbocycles. The van der Waals surface area contributed by atoms with Crippen molar-refractivity contribution in [3.05, 3.63) is 23.7 Å². The SMILES string of the molecule is COc1cc(NC(=O)N2CCC(C(=O)Nc3nccs3)CC2)cc(OC)c1OC. The molecule has 10 heteroatoms. The number of aromatic nitrogens is 1. The highest BCUT2D eigenvalue weighted by molar-refractivity contribution is 7.13. The standard InChI is InChI=1S/C19H24N4O5S/c1-26-14-10-13(11-15(27-2)16(14)28-3)21-19(25)23-7-4-12(5-8-23)17(24)22-18-20-6-9-29-18/h6,9-12H,4-5,7-8H2,1-3H3,(H,21,25)(H,20,22,24). The number of benzene rings is 1. The summed E-state index contributed by atoms with van der Waals surface area (Å²) in [4.78, 5) is 30.7. The zero-order valence-electron chi connectivity index (χ0n) is 16.6. The average Bonchev–Trinajstić information content (AvgIpc) is 3.26.